The van der Waals surface area contributed by atoms with Crippen LogP contribution in [0.3, 0.4) is 0 Å². The fourth-order valence-corrected chi connectivity index (χ4v) is 4.26. The van der Waals surface area contributed by atoms with E-state index in [1.807, 2.05) is 0 Å². The third-order valence-electron chi connectivity index (χ3n) is 4.77. The minimum atomic E-state index is -3.94. The lowest BCUT2D eigenvalue weighted by Gasteiger charge is -2.32. The predicted molar refractivity (Wildman–Crippen MR) is 128 cm³/mol. The van der Waals surface area contributed by atoms with Gasteiger partial charge < -0.3 is 10.2 Å². The molecule has 0 saturated heterocycles. The van der Waals surface area contributed by atoms with Gasteiger partial charge in [-0.05, 0) is 50.6 Å². The zero-order valence-corrected chi connectivity index (χ0v) is 21.0. The number of amides is 2. The average molecular weight is 518 g/mol. The Kier molecular flexibility index (Phi) is 9.11. The molecule has 0 saturated carbocycles. The van der Waals surface area contributed by atoms with Crippen molar-refractivity contribution in [3.8, 4) is 0 Å². The van der Waals surface area contributed by atoms with Crippen molar-refractivity contribution in [1.82, 2.24) is 10.2 Å². The van der Waals surface area contributed by atoms with Crippen molar-refractivity contribution in [2.24, 2.45) is 0 Å². The average Bonchev–Trinajstić information content (AvgIpc) is 2.71. The van der Waals surface area contributed by atoms with E-state index in [4.69, 9.17) is 23.2 Å². The van der Waals surface area contributed by atoms with Crippen LogP contribution in [0.15, 0.2) is 42.5 Å². The fourth-order valence-electron chi connectivity index (χ4n) is 3.05. The molecule has 0 bridgehead atoms. The summed E-state index contributed by atoms with van der Waals surface area (Å²) in [4.78, 5) is 27.3. The van der Waals surface area contributed by atoms with Crippen LogP contribution in [0.25, 0.3) is 0 Å². The Morgan fingerprint density at radius 3 is 2.24 bits per heavy atom. The third kappa shape index (κ3) is 7.31. The van der Waals surface area contributed by atoms with Gasteiger partial charge in [0.25, 0.3) is 0 Å². The fraction of sp³-hybridized carbons (Fsp3) is 0.364. The van der Waals surface area contributed by atoms with Crippen molar-refractivity contribution in [3.63, 3.8) is 0 Å². The highest BCUT2D eigenvalue weighted by Crippen LogP contribution is 2.25. The second kappa shape index (κ2) is 11.2. The highest BCUT2D eigenvalue weighted by Gasteiger charge is 2.30. The normalized spacial score (nSPS) is 12.4. The van der Waals surface area contributed by atoms with E-state index < -0.39 is 40.2 Å². The number of carbonyl (C=O) groups is 2. The number of anilines is 1. The summed E-state index contributed by atoms with van der Waals surface area (Å²) in [6.45, 7) is 4.48. The van der Waals surface area contributed by atoms with Gasteiger partial charge in [-0.25, -0.2) is 12.8 Å². The van der Waals surface area contributed by atoms with E-state index in [0.29, 0.717) is 10.6 Å². The zero-order valence-electron chi connectivity index (χ0n) is 18.7. The first-order valence-electron chi connectivity index (χ1n) is 10.1. The van der Waals surface area contributed by atoms with Gasteiger partial charge in [-0.15, -0.1) is 0 Å². The Balaban J connectivity index is 2.43. The molecule has 2 aromatic carbocycles. The van der Waals surface area contributed by atoms with E-state index in [0.717, 1.165) is 22.7 Å². The van der Waals surface area contributed by atoms with Crippen LogP contribution in [-0.2, 0) is 26.2 Å². The number of nitrogens with one attached hydrogen (secondary N) is 1. The molecule has 0 heterocycles. The molecule has 2 aromatic rings. The number of hydrogen-bond donors (Lipinski definition) is 1. The molecule has 0 fully saturated rings. The molecule has 2 rings (SSSR count). The number of benzene rings is 2. The Morgan fingerprint density at radius 2 is 1.70 bits per heavy atom. The van der Waals surface area contributed by atoms with Crippen LogP contribution in [0.1, 0.15) is 26.3 Å². The lowest BCUT2D eigenvalue weighted by Crippen LogP contribution is -2.52. The van der Waals surface area contributed by atoms with Gasteiger partial charge in [-0.2, -0.15) is 0 Å². The molecule has 0 unspecified atom stereocenters. The van der Waals surface area contributed by atoms with Crippen molar-refractivity contribution in [2.45, 2.75) is 39.4 Å². The number of halogens is 3. The first kappa shape index (κ1) is 26.9. The second-order valence-electron chi connectivity index (χ2n) is 7.82. The first-order chi connectivity index (χ1) is 15.3. The Bertz CT molecular complexity index is 1130. The Hall–Kier alpha value is -2.36. The SMILES string of the molecule is CC(C)NC(=O)[C@H](C)N(Cc1ccccc1Cl)C(=O)CN(c1ccc(F)c(Cl)c1)S(C)(=O)=O. The number of nitrogens with zero attached hydrogens (tertiary/aromatic N) is 2. The van der Waals surface area contributed by atoms with Crippen molar-refractivity contribution < 1.29 is 22.4 Å². The molecule has 0 aliphatic rings. The quantitative estimate of drug-likeness (QED) is 0.547. The summed E-state index contributed by atoms with van der Waals surface area (Å²) in [6.07, 6.45) is 0.921. The summed E-state index contributed by atoms with van der Waals surface area (Å²) < 4.78 is 39.3. The molecule has 33 heavy (non-hydrogen) atoms. The van der Waals surface area contributed by atoms with E-state index in [1.165, 1.54) is 11.0 Å². The molecule has 0 aromatic heterocycles. The molecule has 1 atom stereocenters. The lowest BCUT2D eigenvalue weighted by molar-refractivity contribution is -0.139. The van der Waals surface area contributed by atoms with Crippen LogP contribution in [0.2, 0.25) is 10.0 Å². The van der Waals surface area contributed by atoms with Gasteiger partial charge in [0.05, 0.1) is 17.0 Å². The van der Waals surface area contributed by atoms with Crippen LogP contribution in [0.4, 0.5) is 10.1 Å². The summed E-state index contributed by atoms with van der Waals surface area (Å²) in [5.41, 5.74) is 0.613. The second-order valence-corrected chi connectivity index (χ2v) is 10.5. The lowest BCUT2D eigenvalue weighted by atomic mass is 10.1. The van der Waals surface area contributed by atoms with Crippen LogP contribution in [0.5, 0.6) is 0 Å². The van der Waals surface area contributed by atoms with Crippen LogP contribution >= 0.6 is 23.2 Å². The topological polar surface area (TPSA) is 86.8 Å². The maximum atomic E-state index is 13.6. The van der Waals surface area contributed by atoms with Gasteiger partial charge in [-0.1, -0.05) is 41.4 Å². The number of rotatable bonds is 9. The summed E-state index contributed by atoms with van der Waals surface area (Å²) in [6, 6.07) is 9.11. The molecule has 1 N–H and O–H groups in total. The molecule has 0 aliphatic heterocycles. The highest BCUT2D eigenvalue weighted by atomic mass is 35.5. The molecule has 0 aliphatic carbocycles. The van der Waals surface area contributed by atoms with E-state index in [9.17, 15) is 22.4 Å². The maximum Gasteiger partial charge on any atom is 0.244 e. The van der Waals surface area contributed by atoms with E-state index in [1.54, 1.807) is 45.0 Å². The van der Waals surface area contributed by atoms with Crippen LogP contribution in [-0.4, -0.2) is 50.0 Å². The Morgan fingerprint density at radius 1 is 1.06 bits per heavy atom. The van der Waals surface area contributed by atoms with Crippen molar-refractivity contribution >= 4 is 50.7 Å². The minimum Gasteiger partial charge on any atom is -0.352 e. The van der Waals surface area contributed by atoms with Crippen LogP contribution < -0.4 is 9.62 Å². The van der Waals surface area contributed by atoms with Gasteiger partial charge in [0, 0.05) is 17.6 Å². The van der Waals surface area contributed by atoms with Gasteiger partial charge in [0.15, 0.2) is 0 Å². The van der Waals surface area contributed by atoms with E-state index in [-0.39, 0.29) is 23.3 Å². The standard InChI is InChI=1S/C22H26Cl2FN3O4S/c1-14(2)26-22(30)15(3)27(12-16-7-5-6-8-18(16)23)21(29)13-28(33(4,31)32)17-9-10-20(25)19(24)11-17/h5-11,14-15H,12-13H2,1-4H3,(H,26,30)/t15-/m0/s1. The summed E-state index contributed by atoms with van der Waals surface area (Å²) in [5, 5.41) is 2.86. The van der Waals surface area contributed by atoms with Gasteiger partial charge in [0.2, 0.25) is 21.8 Å². The van der Waals surface area contributed by atoms with Crippen LogP contribution in [0, 0.1) is 5.82 Å². The summed E-state index contributed by atoms with van der Waals surface area (Å²) >= 11 is 12.1. The highest BCUT2D eigenvalue weighted by molar-refractivity contribution is 7.92. The minimum absolute atomic E-state index is 0.0209. The van der Waals surface area contributed by atoms with E-state index in [2.05, 4.69) is 5.32 Å². The van der Waals surface area contributed by atoms with Crippen molar-refractivity contribution in [3.05, 3.63) is 63.9 Å². The van der Waals surface area contributed by atoms with Gasteiger partial charge >= 0.3 is 0 Å². The third-order valence-corrected chi connectivity index (χ3v) is 6.57. The molecule has 11 heteroatoms. The molecule has 180 valence electrons. The number of sulfonamides is 1. The molecular formula is C22H26Cl2FN3O4S. The van der Waals surface area contributed by atoms with Gasteiger partial charge in [-0.3, -0.25) is 13.9 Å². The predicted octanol–water partition coefficient (Wildman–Crippen LogP) is 3.84. The maximum absolute atomic E-state index is 13.6. The monoisotopic (exact) mass is 517 g/mol. The number of carbonyl (C=O) groups excluding carboxylic acids is 2. The molecule has 0 spiro atoms. The summed E-state index contributed by atoms with van der Waals surface area (Å²) in [5.74, 6) is -1.77. The van der Waals surface area contributed by atoms with Crippen molar-refractivity contribution in [1.29, 1.82) is 0 Å². The number of hydrogen-bond acceptors (Lipinski definition) is 4. The largest absolute Gasteiger partial charge is 0.352 e. The molecule has 7 nitrogen and oxygen atoms in total. The Labute approximate surface area is 203 Å². The molecule has 0 radical (unpaired) electrons. The zero-order chi connectivity index (χ0) is 24.9. The first-order valence-corrected chi connectivity index (χ1v) is 12.7. The van der Waals surface area contributed by atoms with Crippen molar-refractivity contribution in [2.75, 3.05) is 17.1 Å². The van der Waals surface area contributed by atoms with E-state index >= 15 is 0 Å². The summed E-state index contributed by atoms with van der Waals surface area (Å²) in [7, 11) is -3.94. The smallest absolute Gasteiger partial charge is 0.244 e. The molecule has 2 amide bonds. The van der Waals surface area contributed by atoms with Gasteiger partial charge in [0.1, 0.15) is 18.4 Å². The molecular weight excluding hydrogens is 492 g/mol.